The minimum atomic E-state index is -0.206. The van der Waals surface area contributed by atoms with Crippen molar-refractivity contribution in [3.8, 4) is 0 Å². The van der Waals surface area contributed by atoms with E-state index in [2.05, 4.69) is 13.0 Å². The Balaban J connectivity index is 1.28. The van der Waals surface area contributed by atoms with Gasteiger partial charge < -0.3 is 0 Å². The number of hydrogen-bond acceptors (Lipinski definition) is 0. The summed E-state index contributed by atoms with van der Waals surface area (Å²) in [5.74, 6) is 6.26. The lowest BCUT2D eigenvalue weighted by Crippen LogP contribution is -2.29. The molecule has 0 aromatic heterocycles. The van der Waals surface area contributed by atoms with Crippen LogP contribution >= 0.6 is 0 Å². The van der Waals surface area contributed by atoms with E-state index < -0.39 is 0 Å². The van der Waals surface area contributed by atoms with Crippen LogP contribution in [-0.2, 0) is 0 Å². The summed E-state index contributed by atoms with van der Waals surface area (Å²) in [5.41, 5.74) is 0. The number of allylic oxidation sites excluding steroid dienone is 2. The van der Waals surface area contributed by atoms with E-state index in [4.69, 9.17) is 0 Å². The predicted molar refractivity (Wildman–Crippen MR) is 116 cm³/mol. The largest absolute Gasteiger partial charge is 0.251 e. The Bertz CT molecular complexity index is 404. The summed E-state index contributed by atoms with van der Waals surface area (Å²) >= 11 is 0. The van der Waals surface area contributed by atoms with Crippen LogP contribution in [-0.4, -0.2) is 6.67 Å². The Morgan fingerprint density at radius 2 is 1.07 bits per heavy atom. The molecule has 3 rings (SSSR count). The summed E-state index contributed by atoms with van der Waals surface area (Å²) in [6.07, 6.45) is 26.9. The van der Waals surface area contributed by atoms with Gasteiger partial charge in [0.15, 0.2) is 0 Å². The van der Waals surface area contributed by atoms with Crippen LogP contribution in [0.3, 0.4) is 0 Å². The summed E-state index contributed by atoms with van der Waals surface area (Å²) in [7, 11) is 0. The highest BCUT2D eigenvalue weighted by Crippen LogP contribution is 2.46. The summed E-state index contributed by atoms with van der Waals surface area (Å²) < 4.78 is 12.1. The van der Waals surface area contributed by atoms with Gasteiger partial charge in [0.1, 0.15) is 0 Å². The topological polar surface area (TPSA) is 0 Å². The van der Waals surface area contributed by atoms with Crippen molar-refractivity contribution in [3.05, 3.63) is 12.2 Å². The second kappa shape index (κ2) is 11.6. The molecule has 0 heterocycles. The van der Waals surface area contributed by atoms with E-state index >= 15 is 0 Å². The average molecular weight is 377 g/mol. The number of hydrogen-bond donors (Lipinski definition) is 0. The molecule has 3 aliphatic rings. The Kier molecular flexibility index (Phi) is 9.20. The van der Waals surface area contributed by atoms with Crippen LogP contribution in [0.15, 0.2) is 12.2 Å². The number of rotatable bonds is 8. The Labute approximate surface area is 168 Å². The molecule has 0 aliphatic heterocycles. The van der Waals surface area contributed by atoms with Crippen molar-refractivity contribution in [2.45, 2.75) is 110 Å². The van der Waals surface area contributed by atoms with E-state index in [9.17, 15) is 4.39 Å². The van der Waals surface area contributed by atoms with Crippen molar-refractivity contribution in [1.29, 1.82) is 0 Å². The van der Waals surface area contributed by atoms with Crippen LogP contribution in [0.2, 0.25) is 0 Å². The molecule has 0 amide bonds. The monoisotopic (exact) mass is 376 g/mol. The fraction of sp³-hybridized carbons (Fsp3) is 0.923. The minimum Gasteiger partial charge on any atom is -0.251 e. The summed E-state index contributed by atoms with van der Waals surface area (Å²) in [5, 5.41) is 0. The molecule has 156 valence electrons. The normalized spacial score (nSPS) is 38.3. The van der Waals surface area contributed by atoms with Crippen LogP contribution < -0.4 is 0 Å². The molecule has 0 unspecified atom stereocenters. The highest BCUT2D eigenvalue weighted by Gasteiger charge is 2.34. The van der Waals surface area contributed by atoms with Gasteiger partial charge in [-0.05, 0) is 106 Å². The first-order valence-electron chi connectivity index (χ1n) is 12.5. The molecular formula is C26H45F. The van der Waals surface area contributed by atoms with Crippen molar-refractivity contribution < 1.29 is 4.39 Å². The molecule has 0 N–H and O–H groups in total. The van der Waals surface area contributed by atoms with Gasteiger partial charge in [-0.1, -0.05) is 51.2 Å². The van der Waals surface area contributed by atoms with Gasteiger partial charge >= 0.3 is 0 Å². The van der Waals surface area contributed by atoms with Gasteiger partial charge in [0.25, 0.3) is 0 Å². The van der Waals surface area contributed by atoms with Crippen LogP contribution in [0, 0.1) is 35.5 Å². The SMILES string of the molecule is C[C@H]1CC[C@H](C2CCC([C@H]3CC[C@H](CCC/C=C/CCF)CC3)CC2)CC1. The third-order valence-corrected chi connectivity index (χ3v) is 8.53. The van der Waals surface area contributed by atoms with E-state index in [0.29, 0.717) is 6.42 Å². The van der Waals surface area contributed by atoms with E-state index in [1.54, 1.807) is 25.7 Å². The highest BCUT2D eigenvalue weighted by atomic mass is 19.1. The van der Waals surface area contributed by atoms with E-state index in [0.717, 1.165) is 41.9 Å². The molecule has 3 saturated carbocycles. The van der Waals surface area contributed by atoms with Crippen LogP contribution in [0.25, 0.3) is 0 Å². The molecule has 3 fully saturated rings. The standard InChI is InChI=1S/C26H45F/c1-21-8-12-23(13-9-21)25-16-18-26(19-17-25)24-14-10-22(11-15-24)7-5-3-2-4-6-20-27/h2,4,21-26H,3,5-20H2,1H3/b4-2+/t21-,22-,23-,24-,25?,26?. The number of unbranched alkanes of at least 4 members (excludes halogenated alkanes) is 1. The molecule has 27 heavy (non-hydrogen) atoms. The maximum absolute atomic E-state index is 12.1. The fourth-order valence-electron chi connectivity index (χ4n) is 6.62. The van der Waals surface area contributed by atoms with Crippen molar-refractivity contribution in [3.63, 3.8) is 0 Å². The first-order chi connectivity index (χ1) is 13.3. The number of halogens is 1. The first kappa shape index (κ1) is 21.4. The molecule has 0 aromatic carbocycles. The lowest BCUT2D eigenvalue weighted by molar-refractivity contribution is 0.105. The second-order valence-electron chi connectivity index (χ2n) is 10.4. The molecule has 0 radical (unpaired) electrons. The zero-order valence-electron chi connectivity index (χ0n) is 18.0. The van der Waals surface area contributed by atoms with Crippen molar-refractivity contribution in [1.82, 2.24) is 0 Å². The highest BCUT2D eigenvalue weighted by molar-refractivity contribution is 4.86. The van der Waals surface area contributed by atoms with Crippen molar-refractivity contribution >= 4 is 0 Å². The van der Waals surface area contributed by atoms with E-state index in [1.807, 2.05) is 6.08 Å². The zero-order chi connectivity index (χ0) is 18.9. The Morgan fingerprint density at radius 3 is 1.59 bits per heavy atom. The van der Waals surface area contributed by atoms with Gasteiger partial charge in [-0.2, -0.15) is 0 Å². The molecule has 0 bridgehead atoms. The Hall–Kier alpha value is -0.330. The van der Waals surface area contributed by atoms with E-state index in [-0.39, 0.29) is 6.67 Å². The van der Waals surface area contributed by atoms with Crippen LogP contribution in [0.4, 0.5) is 4.39 Å². The van der Waals surface area contributed by atoms with Crippen molar-refractivity contribution in [2.24, 2.45) is 35.5 Å². The quantitative estimate of drug-likeness (QED) is 0.294. The summed E-state index contributed by atoms with van der Waals surface area (Å²) in [6, 6.07) is 0. The molecule has 0 saturated heterocycles. The Morgan fingerprint density at radius 1 is 0.630 bits per heavy atom. The van der Waals surface area contributed by atoms with Crippen LogP contribution in [0.1, 0.15) is 110 Å². The molecule has 0 spiro atoms. The molecule has 1 heteroatoms. The molecule has 0 atom stereocenters. The average Bonchev–Trinajstić information content (AvgIpc) is 2.72. The van der Waals surface area contributed by atoms with Gasteiger partial charge in [0.05, 0.1) is 6.67 Å². The molecule has 3 aliphatic carbocycles. The summed E-state index contributed by atoms with van der Waals surface area (Å²) in [6.45, 7) is 2.25. The van der Waals surface area contributed by atoms with E-state index in [1.165, 1.54) is 64.2 Å². The summed E-state index contributed by atoms with van der Waals surface area (Å²) in [4.78, 5) is 0. The van der Waals surface area contributed by atoms with Gasteiger partial charge in [-0.15, -0.1) is 0 Å². The zero-order valence-corrected chi connectivity index (χ0v) is 18.0. The smallest absolute Gasteiger partial charge is 0.0928 e. The fourth-order valence-corrected chi connectivity index (χ4v) is 6.62. The lowest BCUT2D eigenvalue weighted by atomic mass is 9.65. The van der Waals surface area contributed by atoms with Gasteiger partial charge in [-0.25, -0.2) is 0 Å². The van der Waals surface area contributed by atoms with Gasteiger partial charge in [0, 0.05) is 0 Å². The number of alkyl halides is 1. The second-order valence-corrected chi connectivity index (χ2v) is 10.4. The molecule has 0 nitrogen and oxygen atoms in total. The minimum absolute atomic E-state index is 0.206. The molecule has 0 aromatic rings. The molecular weight excluding hydrogens is 331 g/mol. The van der Waals surface area contributed by atoms with Gasteiger partial charge in [-0.3, -0.25) is 4.39 Å². The lowest BCUT2D eigenvalue weighted by Gasteiger charge is -2.41. The van der Waals surface area contributed by atoms with Crippen LogP contribution in [0.5, 0.6) is 0 Å². The van der Waals surface area contributed by atoms with Gasteiger partial charge in [0.2, 0.25) is 0 Å². The van der Waals surface area contributed by atoms with Crippen molar-refractivity contribution in [2.75, 3.05) is 6.67 Å². The third-order valence-electron chi connectivity index (χ3n) is 8.53. The maximum atomic E-state index is 12.1. The first-order valence-corrected chi connectivity index (χ1v) is 12.5. The maximum Gasteiger partial charge on any atom is 0.0928 e. The third kappa shape index (κ3) is 6.90. The predicted octanol–water partition coefficient (Wildman–Crippen LogP) is 8.51.